The molecule has 1 saturated heterocycles. The van der Waals surface area contributed by atoms with Crippen LogP contribution in [0.5, 0.6) is 5.75 Å². The predicted octanol–water partition coefficient (Wildman–Crippen LogP) is 3.62. The maximum Gasteiger partial charge on any atom is 0.254 e. The summed E-state index contributed by atoms with van der Waals surface area (Å²) in [6.45, 7) is 5.03. The highest BCUT2D eigenvalue weighted by Gasteiger charge is 2.23. The van der Waals surface area contributed by atoms with Crippen LogP contribution in [0.15, 0.2) is 42.5 Å². The number of amides is 1. The van der Waals surface area contributed by atoms with Gasteiger partial charge in [0.1, 0.15) is 5.75 Å². The lowest BCUT2D eigenvalue weighted by molar-refractivity contribution is 0.0746. The molecule has 0 aliphatic carbocycles. The minimum atomic E-state index is 0.0522. The highest BCUT2D eigenvalue weighted by atomic mass is 35.5. The van der Waals surface area contributed by atoms with Crippen molar-refractivity contribution in [1.82, 2.24) is 4.90 Å². The zero-order chi connectivity index (χ0) is 17.1. The topological polar surface area (TPSA) is 32.8 Å². The molecule has 0 unspecified atom stereocenters. The Morgan fingerprint density at radius 1 is 1.08 bits per heavy atom. The number of anilines is 1. The van der Waals surface area contributed by atoms with E-state index in [4.69, 9.17) is 16.3 Å². The van der Waals surface area contributed by atoms with Crippen LogP contribution in [0.25, 0.3) is 0 Å². The van der Waals surface area contributed by atoms with Gasteiger partial charge < -0.3 is 14.5 Å². The molecule has 2 aromatic carbocycles. The molecule has 0 aromatic heterocycles. The maximum atomic E-state index is 12.7. The Bertz CT molecular complexity index is 740. The van der Waals surface area contributed by atoms with Crippen molar-refractivity contribution in [3.05, 3.63) is 58.6 Å². The molecule has 2 aromatic rings. The molecule has 1 amide bonds. The molecular weight excluding hydrogens is 324 g/mol. The van der Waals surface area contributed by atoms with E-state index in [0.717, 1.165) is 29.4 Å². The molecule has 1 heterocycles. The minimum Gasteiger partial charge on any atom is -0.497 e. The molecule has 5 heteroatoms. The van der Waals surface area contributed by atoms with Gasteiger partial charge in [0.05, 0.1) is 7.11 Å². The Hall–Kier alpha value is -2.20. The maximum absolute atomic E-state index is 12.7. The van der Waals surface area contributed by atoms with E-state index in [-0.39, 0.29) is 5.91 Å². The summed E-state index contributed by atoms with van der Waals surface area (Å²) in [6.07, 6.45) is 0. The van der Waals surface area contributed by atoms with Crippen LogP contribution in [0.3, 0.4) is 0 Å². The van der Waals surface area contributed by atoms with Gasteiger partial charge in [-0.15, -0.1) is 0 Å². The minimum absolute atomic E-state index is 0.0522. The number of ether oxygens (including phenoxy) is 1. The summed E-state index contributed by atoms with van der Waals surface area (Å²) in [7, 11) is 1.61. The lowest BCUT2D eigenvalue weighted by Gasteiger charge is -2.37. The summed E-state index contributed by atoms with van der Waals surface area (Å²) in [5.41, 5.74) is 2.91. The highest BCUT2D eigenvalue weighted by molar-refractivity contribution is 6.31. The first kappa shape index (κ1) is 16.7. The Labute approximate surface area is 147 Å². The number of nitrogens with zero attached hydrogens (tertiary/aromatic N) is 2. The fraction of sp³-hybridized carbons (Fsp3) is 0.316. The molecule has 24 heavy (non-hydrogen) atoms. The van der Waals surface area contributed by atoms with Crippen LogP contribution in [0.1, 0.15) is 15.9 Å². The van der Waals surface area contributed by atoms with Crippen molar-refractivity contribution < 1.29 is 9.53 Å². The van der Waals surface area contributed by atoms with Gasteiger partial charge in [0.15, 0.2) is 0 Å². The fourth-order valence-electron chi connectivity index (χ4n) is 3.03. The Morgan fingerprint density at radius 2 is 1.79 bits per heavy atom. The summed E-state index contributed by atoms with van der Waals surface area (Å²) in [5, 5.41) is 0.780. The summed E-state index contributed by atoms with van der Waals surface area (Å²) < 4.78 is 5.20. The molecule has 0 spiro atoms. The number of carbonyl (C=O) groups is 1. The van der Waals surface area contributed by atoms with Gasteiger partial charge >= 0.3 is 0 Å². The molecule has 1 aliphatic heterocycles. The Kier molecular flexibility index (Phi) is 4.95. The molecule has 0 saturated carbocycles. The molecule has 1 fully saturated rings. The van der Waals surface area contributed by atoms with E-state index in [9.17, 15) is 4.79 Å². The molecule has 0 atom stereocenters. The summed E-state index contributed by atoms with van der Waals surface area (Å²) in [4.78, 5) is 16.8. The van der Waals surface area contributed by atoms with E-state index in [0.29, 0.717) is 24.4 Å². The Morgan fingerprint density at radius 3 is 2.50 bits per heavy atom. The van der Waals surface area contributed by atoms with Crippen LogP contribution in [-0.2, 0) is 0 Å². The van der Waals surface area contributed by atoms with Crippen molar-refractivity contribution in [2.45, 2.75) is 6.92 Å². The van der Waals surface area contributed by atoms with Gasteiger partial charge in [-0.2, -0.15) is 0 Å². The van der Waals surface area contributed by atoms with E-state index in [1.807, 2.05) is 42.2 Å². The summed E-state index contributed by atoms with van der Waals surface area (Å²) >= 11 is 6.22. The number of rotatable bonds is 3. The van der Waals surface area contributed by atoms with Crippen molar-refractivity contribution in [2.75, 3.05) is 38.2 Å². The summed E-state index contributed by atoms with van der Waals surface area (Å²) in [6, 6.07) is 13.3. The largest absolute Gasteiger partial charge is 0.497 e. The smallest absolute Gasteiger partial charge is 0.254 e. The molecule has 4 nitrogen and oxygen atoms in total. The first-order valence-corrected chi connectivity index (χ1v) is 8.41. The van der Waals surface area contributed by atoms with Gasteiger partial charge in [0.25, 0.3) is 5.91 Å². The normalized spacial score (nSPS) is 14.6. The van der Waals surface area contributed by atoms with Crippen molar-refractivity contribution in [3.63, 3.8) is 0 Å². The Balaban J connectivity index is 1.68. The number of benzene rings is 2. The van der Waals surface area contributed by atoms with E-state index >= 15 is 0 Å². The van der Waals surface area contributed by atoms with Gasteiger partial charge in [-0.3, -0.25) is 4.79 Å². The van der Waals surface area contributed by atoms with Crippen LogP contribution in [0, 0.1) is 6.92 Å². The molecule has 3 rings (SSSR count). The molecule has 0 N–H and O–H groups in total. The van der Waals surface area contributed by atoms with E-state index < -0.39 is 0 Å². The van der Waals surface area contributed by atoms with Gasteiger partial charge in [0, 0.05) is 42.5 Å². The lowest BCUT2D eigenvalue weighted by atomic mass is 10.1. The third-order valence-corrected chi connectivity index (χ3v) is 4.87. The van der Waals surface area contributed by atoms with Crippen LogP contribution >= 0.6 is 11.6 Å². The quantitative estimate of drug-likeness (QED) is 0.852. The second-order valence-electron chi connectivity index (χ2n) is 5.90. The number of carbonyl (C=O) groups excluding carboxylic acids is 1. The van der Waals surface area contributed by atoms with Gasteiger partial charge in [-0.25, -0.2) is 0 Å². The van der Waals surface area contributed by atoms with Gasteiger partial charge in [-0.05, 0) is 42.8 Å². The molecule has 1 aliphatic rings. The molecule has 0 bridgehead atoms. The molecular formula is C19H21ClN2O2. The second-order valence-corrected chi connectivity index (χ2v) is 6.30. The number of piperazine rings is 1. The molecule has 126 valence electrons. The zero-order valence-electron chi connectivity index (χ0n) is 14.0. The first-order chi connectivity index (χ1) is 11.6. The van der Waals surface area contributed by atoms with Crippen LogP contribution in [0.4, 0.5) is 5.69 Å². The standard InChI is InChI=1S/C19H21ClN2O2/c1-14-17(20)7-4-8-18(14)21-9-11-22(12-10-21)19(23)15-5-3-6-16(13-15)24-2/h3-8,13H,9-12H2,1-2H3. The van der Waals surface area contributed by atoms with E-state index in [1.165, 1.54) is 0 Å². The fourth-order valence-corrected chi connectivity index (χ4v) is 3.20. The van der Waals surface area contributed by atoms with E-state index in [2.05, 4.69) is 11.0 Å². The first-order valence-electron chi connectivity index (χ1n) is 8.03. The van der Waals surface area contributed by atoms with Gasteiger partial charge in [-0.1, -0.05) is 23.7 Å². The van der Waals surface area contributed by atoms with Crippen LogP contribution < -0.4 is 9.64 Å². The third kappa shape index (κ3) is 3.34. The monoisotopic (exact) mass is 344 g/mol. The number of halogens is 1. The summed E-state index contributed by atoms with van der Waals surface area (Å²) in [5.74, 6) is 0.755. The van der Waals surface area contributed by atoms with Crippen LogP contribution in [0.2, 0.25) is 5.02 Å². The van der Waals surface area contributed by atoms with Crippen LogP contribution in [-0.4, -0.2) is 44.1 Å². The second kappa shape index (κ2) is 7.14. The van der Waals surface area contributed by atoms with E-state index in [1.54, 1.807) is 13.2 Å². The average Bonchev–Trinajstić information content (AvgIpc) is 2.63. The lowest BCUT2D eigenvalue weighted by Crippen LogP contribution is -2.49. The predicted molar refractivity (Wildman–Crippen MR) is 97.3 cm³/mol. The van der Waals surface area contributed by atoms with Crippen molar-refractivity contribution in [3.8, 4) is 5.75 Å². The van der Waals surface area contributed by atoms with Gasteiger partial charge in [0.2, 0.25) is 0 Å². The molecule has 0 radical (unpaired) electrons. The van der Waals surface area contributed by atoms with Crippen molar-refractivity contribution in [1.29, 1.82) is 0 Å². The number of hydrogen-bond acceptors (Lipinski definition) is 3. The highest BCUT2D eigenvalue weighted by Crippen LogP contribution is 2.27. The van der Waals surface area contributed by atoms with Crippen molar-refractivity contribution in [2.24, 2.45) is 0 Å². The average molecular weight is 345 g/mol. The number of methoxy groups -OCH3 is 1. The van der Waals surface area contributed by atoms with Crippen molar-refractivity contribution >= 4 is 23.2 Å². The third-order valence-electron chi connectivity index (χ3n) is 4.46. The zero-order valence-corrected chi connectivity index (χ0v) is 14.7. The SMILES string of the molecule is COc1cccc(C(=O)N2CCN(c3cccc(Cl)c3C)CC2)c1. The number of hydrogen-bond donors (Lipinski definition) is 0.